The van der Waals surface area contributed by atoms with Gasteiger partial charge < -0.3 is 10.6 Å². The fourth-order valence-electron chi connectivity index (χ4n) is 2.49. The minimum atomic E-state index is 0.115. The number of nitrogens with two attached hydrogens (primary N) is 1. The van der Waals surface area contributed by atoms with Crippen molar-refractivity contribution < 1.29 is 4.79 Å². The summed E-state index contributed by atoms with van der Waals surface area (Å²) in [6.07, 6.45) is 3.27. The summed E-state index contributed by atoms with van der Waals surface area (Å²) < 4.78 is 0.942. The zero-order valence-corrected chi connectivity index (χ0v) is 12.2. The van der Waals surface area contributed by atoms with E-state index in [1.165, 1.54) is 6.42 Å². The van der Waals surface area contributed by atoms with Gasteiger partial charge in [0.2, 0.25) is 0 Å². The molecule has 0 aromatic heterocycles. The van der Waals surface area contributed by atoms with Gasteiger partial charge in [-0.2, -0.15) is 0 Å². The number of halogens is 1. The lowest BCUT2D eigenvalue weighted by Gasteiger charge is -2.35. The van der Waals surface area contributed by atoms with Gasteiger partial charge in [0.25, 0.3) is 5.91 Å². The van der Waals surface area contributed by atoms with Crippen molar-refractivity contribution in [1.29, 1.82) is 0 Å². The molecule has 1 aliphatic rings. The van der Waals surface area contributed by atoms with Crippen molar-refractivity contribution in [3.63, 3.8) is 0 Å². The predicted octanol–water partition coefficient (Wildman–Crippen LogP) is 2.71. The topological polar surface area (TPSA) is 46.3 Å². The molecule has 18 heavy (non-hydrogen) atoms. The highest BCUT2D eigenvalue weighted by atomic mass is 79.9. The molecule has 0 spiro atoms. The largest absolute Gasteiger partial charge is 0.334 e. The van der Waals surface area contributed by atoms with E-state index < -0.39 is 0 Å². The Bertz CT molecular complexity index is 447. The lowest BCUT2D eigenvalue weighted by Crippen LogP contribution is -2.47. The van der Waals surface area contributed by atoms with E-state index >= 15 is 0 Å². The monoisotopic (exact) mass is 310 g/mol. The van der Waals surface area contributed by atoms with Gasteiger partial charge in [-0.25, -0.2) is 0 Å². The van der Waals surface area contributed by atoms with Gasteiger partial charge in [0.1, 0.15) is 0 Å². The smallest absolute Gasteiger partial charge is 0.254 e. The van der Waals surface area contributed by atoms with E-state index in [9.17, 15) is 4.79 Å². The Kier molecular flexibility index (Phi) is 4.40. The Labute approximate surface area is 116 Å². The summed E-state index contributed by atoms with van der Waals surface area (Å²) in [6, 6.07) is 6.03. The summed E-state index contributed by atoms with van der Waals surface area (Å²) in [5.41, 5.74) is 7.57. The number of nitrogens with zero attached hydrogens (tertiary/aromatic N) is 1. The summed E-state index contributed by atoms with van der Waals surface area (Å²) in [5.74, 6) is 0.115. The number of hydrogen-bond acceptors (Lipinski definition) is 2. The molecule has 1 atom stereocenters. The maximum atomic E-state index is 12.6. The zero-order valence-electron chi connectivity index (χ0n) is 10.7. The van der Waals surface area contributed by atoms with Gasteiger partial charge in [-0.05, 0) is 43.9 Å². The molecular weight excluding hydrogens is 292 g/mol. The summed E-state index contributed by atoms with van der Waals surface area (Å²) in [5, 5.41) is 0. The molecule has 1 amide bonds. The van der Waals surface area contributed by atoms with Gasteiger partial charge in [0, 0.05) is 29.2 Å². The molecule has 3 nitrogen and oxygen atoms in total. The van der Waals surface area contributed by atoms with Crippen LogP contribution in [0.15, 0.2) is 22.7 Å². The van der Waals surface area contributed by atoms with Crippen molar-refractivity contribution >= 4 is 21.8 Å². The zero-order chi connectivity index (χ0) is 13.1. The minimum absolute atomic E-state index is 0.115. The van der Waals surface area contributed by atoms with E-state index in [1.54, 1.807) is 0 Å². The summed E-state index contributed by atoms with van der Waals surface area (Å²) in [4.78, 5) is 14.5. The highest BCUT2D eigenvalue weighted by Gasteiger charge is 2.27. The second kappa shape index (κ2) is 5.85. The second-order valence-electron chi connectivity index (χ2n) is 4.84. The van der Waals surface area contributed by atoms with Crippen molar-refractivity contribution in [2.75, 3.05) is 13.1 Å². The fraction of sp³-hybridized carbons (Fsp3) is 0.500. The molecule has 2 rings (SSSR count). The molecule has 98 valence electrons. The summed E-state index contributed by atoms with van der Waals surface area (Å²) >= 11 is 3.43. The third-order valence-corrected chi connectivity index (χ3v) is 4.08. The van der Waals surface area contributed by atoms with Crippen molar-refractivity contribution in [1.82, 2.24) is 4.90 Å². The first-order chi connectivity index (χ1) is 8.63. The third kappa shape index (κ3) is 2.75. The predicted molar refractivity (Wildman–Crippen MR) is 76.6 cm³/mol. The quantitative estimate of drug-likeness (QED) is 0.913. The van der Waals surface area contributed by atoms with Crippen LogP contribution in [-0.4, -0.2) is 29.9 Å². The van der Waals surface area contributed by atoms with Gasteiger partial charge in [-0.3, -0.25) is 4.79 Å². The molecule has 1 aromatic rings. The molecule has 2 N–H and O–H groups in total. The van der Waals surface area contributed by atoms with Gasteiger partial charge in [-0.1, -0.05) is 22.0 Å². The number of carbonyl (C=O) groups is 1. The van der Waals surface area contributed by atoms with Gasteiger partial charge in [0.15, 0.2) is 0 Å². The van der Waals surface area contributed by atoms with Crippen molar-refractivity contribution in [3.05, 3.63) is 33.8 Å². The molecule has 1 aliphatic heterocycles. The highest BCUT2D eigenvalue weighted by Crippen LogP contribution is 2.22. The summed E-state index contributed by atoms with van der Waals surface area (Å²) in [7, 11) is 0. The molecule has 1 aromatic carbocycles. The first-order valence-corrected chi connectivity index (χ1v) is 7.20. The molecule has 1 saturated heterocycles. The Morgan fingerprint density at radius 3 is 3.00 bits per heavy atom. The van der Waals surface area contributed by atoms with Crippen LogP contribution in [0.5, 0.6) is 0 Å². The van der Waals surface area contributed by atoms with Crippen LogP contribution < -0.4 is 5.73 Å². The number of hydrogen-bond donors (Lipinski definition) is 1. The molecule has 0 saturated carbocycles. The maximum absolute atomic E-state index is 12.6. The molecular formula is C14H19BrN2O. The Morgan fingerprint density at radius 2 is 2.28 bits per heavy atom. The minimum Gasteiger partial charge on any atom is -0.334 e. The van der Waals surface area contributed by atoms with E-state index in [0.29, 0.717) is 6.54 Å². The van der Waals surface area contributed by atoms with E-state index in [-0.39, 0.29) is 11.9 Å². The Hall–Kier alpha value is -0.870. The van der Waals surface area contributed by atoms with Crippen molar-refractivity contribution in [2.24, 2.45) is 5.73 Å². The van der Waals surface area contributed by atoms with E-state index in [2.05, 4.69) is 15.9 Å². The first-order valence-electron chi connectivity index (χ1n) is 6.40. The average molecular weight is 311 g/mol. The Balaban J connectivity index is 2.26. The second-order valence-corrected chi connectivity index (χ2v) is 5.76. The molecule has 1 fully saturated rings. The standard InChI is InChI=1S/C14H19BrN2O/c1-10-5-6-11(15)8-13(10)14(18)17-7-3-2-4-12(17)9-16/h5-6,8,12H,2-4,7,9,16H2,1H3. The molecule has 1 heterocycles. The van der Waals surface area contributed by atoms with Crippen LogP contribution >= 0.6 is 15.9 Å². The van der Waals surface area contributed by atoms with E-state index in [0.717, 1.165) is 35.0 Å². The van der Waals surface area contributed by atoms with Crippen LogP contribution in [0.3, 0.4) is 0 Å². The fourth-order valence-corrected chi connectivity index (χ4v) is 2.85. The molecule has 4 heteroatoms. The lowest BCUT2D eigenvalue weighted by molar-refractivity contribution is 0.0622. The molecule has 0 bridgehead atoms. The average Bonchev–Trinajstić information content (AvgIpc) is 2.40. The van der Waals surface area contributed by atoms with Crippen molar-refractivity contribution in [2.45, 2.75) is 32.2 Å². The van der Waals surface area contributed by atoms with E-state index in [4.69, 9.17) is 5.73 Å². The van der Waals surface area contributed by atoms with Crippen LogP contribution in [0.4, 0.5) is 0 Å². The summed E-state index contributed by atoms with van der Waals surface area (Å²) in [6.45, 7) is 3.35. The number of amides is 1. The van der Waals surface area contributed by atoms with Gasteiger partial charge >= 0.3 is 0 Å². The number of piperidine rings is 1. The van der Waals surface area contributed by atoms with Crippen LogP contribution in [0, 0.1) is 6.92 Å². The van der Waals surface area contributed by atoms with Crippen molar-refractivity contribution in [3.8, 4) is 0 Å². The Morgan fingerprint density at radius 1 is 1.50 bits per heavy atom. The SMILES string of the molecule is Cc1ccc(Br)cc1C(=O)N1CCCCC1CN. The molecule has 0 aliphatic carbocycles. The lowest BCUT2D eigenvalue weighted by atomic mass is 9.99. The number of aryl methyl sites for hydroxylation is 1. The number of benzene rings is 1. The molecule has 1 unspecified atom stereocenters. The number of likely N-dealkylation sites (tertiary alicyclic amines) is 1. The number of rotatable bonds is 2. The maximum Gasteiger partial charge on any atom is 0.254 e. The van der Waals surface area contributed by atoms with Gasteiger partial charge in [-0.15, -0.1) is 0 Å². The normalized spacial score (nSPS) is 19.9. The number of carbonyl (C=O) groups excluding carboxylic acids is 1. The van der Waals surface area contributed by atoms with Crippen LogP contribution in [-0.2, 0) is 0 Å². The van der Waals surface area contributed by atoms with Crippen LogP contribution in [0.1, 0.15) is 35.2 Å². The molecule has 0 radical (unpaired) electrons. The highest BCUT2D eigenvalue weighted by molar-refractivity contribution is 9.10. The van der Waals surface area contributed by atoms with E-state index in [1.807, 2.05) is 30.0 Å². The third-order valence-electron chi connectivity index (χ3n) is 3.59. The van der Waals surface area contributed by atoms with Crippen LogP contribution in [0.2, 0.25) is 0 Å². The van der Waals surface area contributed by atoms with Gasteiger partial charge in [0.05, 0.1) is 0 Å². The van der Waals surface area contributed by atoms with Crippen LogP contribution in [0.25, 0.3) is 0 Å². The first kappa shape index (κ1) is 13.6.